The topological polar surface area (TPSA) is 78.9 Å². The van der Waals surface area contributed by atoms with E-state index in [0.29, 0.717) is 12.8 Å². The molecule has 1 saturated heterocycles. The number of likely N-dealkylation sites (tertiary alicyclic amines) is 1. The van der Waals surface area contributed by atoms with E-state index in [1.54, 1.807) is 0 Å². The Bertz CT molecular complexity index is 584. The summed E-state index contributed by atoms with van der Waals surface area (Å²) >= 11 is 0. The van der Waals surface area contributed by atoms with Crippen molar-refractivity contribution in [2.45, 2.75) is 19.2 Å². The van der Waals surface area contributed by atoms with E-state index < -0.39 is 30.0 Å². The molecule has 0 atom stereocenters. The molecule has 0 bridgehead atoms. The van der Waals surface area contributed by atoms with Crippen LogP contribution in [0.2, 0.25) is 0 Å². The first-order chi connectivity index (χ1) is 10.7. The average Bonchev–Trinajstić information content (AvgIpc) is 2.46. The van der Waals surface area contributed by atoms with Crippen LogP contribution in [0.1, 0.15) is 12.8 Å². The van der Waals surface area contributed by atoms with Crippen LogP contribution in [0.25, 0.3) is 0 Å². The van der Waals surface area contributed by atoms with Gasteiger partial charge in [0.15, 0.2) is 0 Å². The van der Waals surface area contributed by atoms with E-state index in [4.69, 9.17) is 5.11 Å². The zero-order valence-corrected chi connectivity index (χ0v) is 12.0. The third-order valence-electron chi connectivity index (χ3n) is 3.45. The Morgan fingerprint density at radius 1 is 1.26 bits per heavy atom. The number of anilines is 1. The predicted molar refractivity (Wildman–Crippen MR) is 74.1 cm³/mol. The van der Waals surface area contributed by atoms with Gasteiger partial charge in [0, 0.05) is 24.8 Å². The standard InChI is InChI=1S/C14H15F3N2O4/c15-14(16,17)23-11-3-1-2-10(8-11)18-13(22)19-6-4-9(5-7-19)12(20)21/h1-3,8-9H,4-7H2,(H,18,22)(H,20,21). The van der Waals surface area contributed by atoms with Crippen LogP contribution in [-0.2, 0) is 4.79 Å². The maximum Gasteiger partial charge on any atom is 0.573 e. The Labute approximate surface area is 129 Å². The van der Waals surface area contributed by atoms with Gasteiger partial charge >= 0.3 is 18.4 Å². The molecule has 23 heavy (non-hydrogen) atoms. The number of amides is 2. The molecule has 1 fully saturated rings. The van der Waals surface area contributed by atoms with Gasteiger partial charge in [-0.1, -0.05) is 6.07 Å². The predicted octanol–water partition coefficient (Wildman–Crippen LogP) is 2.91. The lowest BCUT2D eigenvalue weighted by Crippen LogP contribution is -2.42. The van der Waals surface area contributed by atoms with Crippen molar-refractivity contribution in [1.29, 1.82) is 0 Å². The number of piperidine rings is 1. The summed E-state index contributed by atoms with van der Waals surface area (Å²) in [6.45, 7) is 0.559. The number of alkyl halides is 3. The highest BCUT2D eigenvalue weighted by molar-refractivity contribution is 5.89. The molecule has 9 heteroatoms. The van der Waals surface area contributed by atoms with Crippen molar-refractivity contribution in [2.75, 3.05) is 18.4 Å². The molecule has 0 radical (unpaired) electrons. The summed E-state index contributed by atoms with van der Waals surface area (Å²) in [5, 5.41) is 11.4. The van der Waals surface area contributed by atoms with Crippen molar-refractivity contribution in [1.82, 2.24) is 4.90 Å². The first-order valence-electron chi connectivity index (χ1n) is 6.89. The molecule has 1 aliphatic rings. The van der Waals surface area contributed by atoms with Crippen molar-refractivity contribution < 1.29 is 32.6 Å². The summed E-state index contributed by atoms with van der Waals surface area (Å²) in [6, 6.07) is 4.47. The first kappa shape index (κ1) is 16.9. The molecule has 6 nitrogen and oxygen atoms in total. The minimum Gasteiger partial charge on any atom is -0.481 e. The van der Waals surface area contributed by atoms with E-state index in [1.807, 2.05) is 0 Å². The normalized spacial score (nSPS) is 16.0. The molecule has 2 N–H and O–H groups in total. The minimum atomic E-state index is -4.80. The summed E-state index contributed by atoms with van der Waals surface area (Å²) in [7, 11) is 0. The third kappa shape index (κ3) is 5.04. The lowest BCUT2D eigenvalue weighted by molar-refractivity contribution is -0.274. The lowest BCUT2D eigenvalue weighted by atomic mass is 9.97. The number of carbonyl (C=O) groups is 2. The van der Waals surface area contributed by atoms with Crippen molar-refractivity contribution in [3.8, 4) is 5.75 Å². The molecule has 1 heterocycles. The van der Waals surface area contributed by atoms with E-state index in [2.05, 4.69) is 10.1 Å². The molecule has 0 aliphatic carbocycles. The number of halogens is 3. The number of aliphatic carboxylic acids is 1. The molecule has 1 aromatic carbocycles. The number of hydrogen-bond acceptors (Lipinski definition) is 3. The monoisotopic (exact) mass is 332 g/mol. The van der Waals surface area contributed by atoms with Gasteiger partial charge in [-0.25, -0.2) is 4.79 Å². The highest BCUT2D eigenvalue weighted by Gasteiger charge is 2.31. The second-order valence-electron chi connectivity index (χ2n) is 5.11. The molecule has 2 rings (SSSR count). The fraction of sp³-hybridized carbons (Fsp3) is 0.429. The molecule has 0 saturated carbocycles. The second-order valence-corrected chi connectivity index (χ2v) is 5.11. The fourth-order valence-electron chi connectivity index (χ4n) is 2.30. The second kappa shape index (κ2) is 6.76. The molecule has 0 spiro atoms. The number of benzene rings is 1. The number of nitrogens with one attached hydrogen (secondary N) is 1. The number of urea groups is 1. The van der Waals surface area contributed by atoms with Gasteiger partial charge in [-0.05, 0) is 25.0 Å². The first-order valence-corrected chi connectivity index (χ1v) is 6.89. The molecule has 0 aromatic heterocycles. The fourth-order valence-corrected chi connectivity index (χ4v) is 2.30. The summed E-state index contributed by atoms with van der Waals surface area (Å²) in [6.07, 6.45) is -4.11. The number of nitrogens with zero attached hydrogens (tertiary/aromatic N) is 1. The molecular formula is C14H15F3N2O4. The van der Waals surface area contributed by atoms with Crippen molar-refractivity contribution >= 4 is 17.7 Å². The Balaban J connectivity index is 1.93. The summed E-state index contributed by atoms with van der Waals surface area (Å²) in [5.41, 5.74) is 0.164. The summed E-state index contributed by atoms with van der Waals surface area (Å²) in [5.74, 6) is -1.79. The SMILES string of the molecule is O=C(O)C1CCN(C(=O)Nc2cccc(OC(F)(F)F)c2)CC1. The van der Waals surface area contributed by atoms with Gasteiger partial charge in [-0.2, -0.15) is 0 Å². The van der Waals surface area contributed by atoms with Gasteiger partial charge in [0.2, 0.25) is 0 Å². The van der Waals surface area contributed by atoms with Gasteiger partial charge < -0.3 is 20.1 Å². The van der Waals surface area contributed by atoms with Crippen LogP contribution < -0.4 is 10.1 Å². The number of carboxylic acid groups (broad SMARTS) is 1. The Morgan fingerprint density at radius 2 is 1.91 bits per heavy atom. The number of rotatable bonds is 3. The van der Waals surface area contributed by atoms with E-state index in [9.17, 15) is 22.8 Å². The minimum absolute atomic E-state index is 0.164. The van der Waals surface area contributed by atoms with Crippen molar-refractivity contribution in [3.63, 3.8) is 0 Å². The van der Waals surface area contributed by atoms with E-state index in [1.165, 1.54) is 17.0 Å². The van der Waals surface area contributed by atoms with Gasteiger partial charge in [0.1, 0.15) is 5.75 Å². The van der Waals surface area contributed by atoms with Crippen LogP contribution in [0.4, 0.5) is 23.7 Å². The quantitative estimate of drug-likeness (QED) is 0.892. The number of ether oxygens (including phenoxy) is 1. The van der Waals surface area contributed by atoms with Crippen LogP contribution in [-0.4, -0.2) is 41.5 Å². The molecule has 126 valence electrons. The van der Waals surface area contributed by atoms with Crippen LogP contribution in [0.3, 0.4) is 0 Å². The zero-order valence-electron chi connectivity index (χ0n) is 12.0. The molecule has 1 aliphatic heterocycles. The van der Waals surface area contributed by atoms with Crippen LogP contribution in [0.15, 0.2) is 24.3 Å². The molecular weight excluding hydrogens is 317 g/mol. The smallest absolute Gasteiger partial charge is 0.481 e. The maximum absolute atomic E-state index is 12.2. The van der Waals surface area contributed by atoms with Crippen molar-refractivity contribution in [3.05, 3.63) is 24.3 Å². The van der Waals surface area contributed by atoms with Gasteiger partial charge in [-0.15, -0.1) is 13.2 Å². The highest BCUT2D eigenvalue weighted by atomic mass is 19.4. The van der Waals surface area contributed by atoms with Crippen LogP contribution in [0.5, 0.6) is 5.75 Å². The molecule has 0 unspecified atom stereocenters. The van der Waals surface area contributed by atoms with Crippen LogP contribution >= 0.6 is 0 Å². The Morgan fingerprint density at radius 3 is 2.48 bits per heavy atom. The van der Waals surface area contributed by atoms with Gasteiger partial charge in [0.05, 0.1) is 5.92 Å². The van der Waals surface area contributed by atoms with E-state index in [-0.39, 0.29) is 18.8 Å². The number of carboxylic acids is 1. The van der Waals surface area contributed by atoms with Gasteiger partial charge in [0.25, 0.3) is 0 Å². The molecule has 2 amide bonds. The zero-order chi connectivity index (χ0) is 17.0. The van der Waals surface area contributed by atoms with E-state index >= 15 is 0 Å². The number of carbonyl (C=O) groups excluding carboxylic acids is 1. The number of hydrogen-bond donors (Lipinski definition) is 2. The summed E-state index contributed by atoms with van der Waals surface area (Å²) in [4.78, 5) is 24.3. The van der Waals surface area contributed by atoms with E-state index in [0.717, 1.165) is 12.1 Å². The Hall–Kier alpha value is -2.45. The highest BCUT2D eigenvalue weighted by Crippen LogP contribution is 2.25. The van der Waals surface area contributed by atoms with Crippen molar-refractivity contribution in [2.24, 2.45) is 5.92 Å². The van der Waals surface area contributed by atoms with Gasteiger partial charge in [-0.3, -0.25) is 4.79 Å². The summed E-state index contributed by atoms with van der Waals surface area (Å²) < 4.78 is 40.3. The largest absolute Gasteiger partial charge is 0.573 e. The maximum atomic E-state index is 12.2. The van der Waals surface area contributed by atoms with Crippen LogP contribution in [0, 0.1) is 5.92 Å². The Kier molecular flexibility index (Phi) is 4.97. The molecule has 1 aromatic rings. The lowest BCUT2D eigenvalue weighted by Gasteiger charge is -2.30. The average molecular weight is 332 g/mol. The third-order valence-corrected chi connectivity index (χ3v) is 3.45.